The molecular weight excluding hydrogens is 274 g/mol. The predicted octanol–water partition coefficient (Wildman–Crippen LogP) is 2.69. The SMILES string of the molecule is CC(C)(C)c1csc(NC(=O)c2n[nH]c(C3CC3)n2)n1. The van der Waals surface area contributed by atoms with E-state index in [1.54, 1.807) is 0 Å². The van der Waals surface area contributed by atoms with Gasteiger partial charge < -0.3 is 0 Å². The fourth-order valence-electron chi connectivity index (χ4n) is 1.74. The molecule has 20 heavy (non-hydrogen) atoms. The van der Waals surface area contributed by atoms with E-state index in [2.05, 4.69) is 46.3 Å². The highest BCUT2D eigenvalue weighted by molar-refractivity contribution is 7.14. The summed E-state index contributed by atoms with van der Waals surface area (Å²) in [6.45, 7) is 6.26. The highest BCUT2D eigenvalue weighted by Crippen LogP contribution is 2.37. The van der Waals surface area contributed by atoms with Gasteiger partial charge in [0.15, 0.2) is 5.13 Å². The number of rotatable bonds is 3. The summed E-state index contributed by atoms with van der Waals surface area (Å²) < 4.78 is 0. The quantitative estimate of drug-likeness (QED) is 0.910. The van der Waals surface area contributed by atoms with E-state index in [0.717, 1.165) is 24.4 Å². The Kier molecular flexibility index (Phi) is 3.08. The summed E-state index contributed by atoms with van der Waals surface area (Å²) in [5.74, 6) is 1.13. The van der Waals surface area contributed by atoms with Crippen molar-refractivity contribution in [1.29, 1.82) is 0 Å². The molecule has 0 spiro atoms. The van der Waals surface area contributed by atoms with Crippen LogP contribution in [0.2, 0.25) is 0 Å². The third-order valence-corrected chi connectivity index (χ3v) is 3.92. The largest absolute Gasteiger partial charge is 0.297 e. The Hall–Kier alpha value is -1.76. The first kappa shape index (κ1) is 13.2. The van der Waals surface area contributed by atoms with Crippen LogP contribution in [0.25, 0.3) is 0 Å². The molecule has 0 unspecified atom stereocenters. The number of nitrogens with zero attached hydrogens (tertiary/aromatic N) is 3. The van der Waals surface area contributed by atoms with E-state index in [4.69, 9.17) is 0 Å². The number of aromatic nitrogens is 4. The van der Waals surface area contributed by atoms with Crippen molar-refractivity contribution in [3.05, 3.63) is 22.7 Å². The summed E-state index contributed by atoms with van der Waals surface area (Å²) in [7, 11) is 0. The number of H-pyrrole nitrogens is 1. The van der Waals surface area contributed by atoms with Crippen molar-refractivity contribution in [3.8, 4) is 0 Å². The number of aromatic amines is 1. The molecule has 0 bridgehead atoms. The monoisotopic (exact) mass is 291 g/mol. The van der Waals surface area contributed by atoms with Crippen LogP contribution in [-0.4, -0.2) is 26.1 Å². The van der Waals surface area contributed by atoms with Gasteiger partial charge in [0.1, 0.15) is 5.82 Å². The van der Waals surface area contributed by atoms with E-state index in [1.165, 1.54) is 11.3 Å². The van der Waals surface area contributed by atoms with E-state index in [1.807, 2.05) is 5.38 Å². The molecule has 3 rings (SSSR count). The fraction of sp³-hybridized carbons (Fsp3) is 0.538. The molecule has 0 radical (unpaired) electrons. The Morgan fingerprint density at radius 3 is 2.75 bits per heavy atom. The van der Waals surface area contributed by atoms with E-state index < -0.39 is 0 Å². The average Bonchev–Trinajstić information content (AvgIpc) is 2.91. The lowest BCUT2D eigenvalue weighted by Gasteiger charge is -2.14. The second-order valence-corrected chi connectivity index (χ2v) is 6.92. The minimum atomic E-state index is -0.317. The van der Waals surface area contributed by atoms with Gasteiger partial charge in [-0.1, -0.05) is 20.8 Å². The molecule has 1 amide bonds. The van der Waals surface area contributed by atoms with Crippen molar-refractivity contribution in [3.63, 3.8) is 0 Å². The molecule has 0 aliphatic heterocycles. The molecule has 2 N–H and O–H groups in total. The summed E-state index contributed by atoms with van der Waals surface area (Å²) in [6, 6.07) is 0. The predicted molar refractivity (Wildman–Crippen MR) is 77.1 cm³/mol. The zero-order valence-electron chi connectivity index (χ0n) is 11.7. The van der Waals surface area contributed by atoms with Crippen molar-refractivity contribution < 1.29 is 4.79 Å². The van der Waals surface area contributed by atoms with Gasteiger partial charge in [-0.05, 0) is 12.8 Å². The Morgan fingerprint density at radius 2 is 2.15 bits per heavy atom. The lowest BCUT2D eigenvalue weighted by Crippen LogP contribution is -2.15. The van der Waals surface area contributed by atoms with E-state index in [9.17, 15) is 4.79 Å². The molecule has 0 aromatic carbocycles. The van der Waals surface area contributed by atoms with Crippen molar-refractivity contribution >= 4 is 22.4 Å². The van der Waals surface area contributed by atoms with Gasteiger partial charge in [-0.25, -0.2) is 9.97 Å². The van der Waals surface area contributed by atoms with Crippen LogP contribution < -0.4 is 5.32 Å². The number of carbonyl (C=O) groups excluding carboxylic acids is 1. The molecule has 2 heterocycles. The van der Waals surface area contributed by atoms with Crippen LogP contribution in [0.15, 0.2) is 5.38 Å². The highest BCUT2D eigenvalue weighted by Gasteiger charge is 2.28. The van der Waals surface area contributed by atoms with E-state index >= 15 is 0 Å². The van der Waals surface area contributed by atoms with Crippen LogP contribution in [0, 0.1) is 0 Å². The van der Waals surface area contributed by atoms with E-state index in [-0.39, 0.29) is 17.1 Å². The number of carbonyl (C=O) groups is 1. The Morgan fingerprint density at radius 1 is 1.40 bits per heavy atom. The van der Waals surface area contributed by atoms with Crippen LogP contribution in [0.3, 0.4) is 0 Å². The molecule has 106 valence electrons. The van der Waals surface area contributed by atoms with Crippen LogP contribution in [0.1, 0.15) is 61.7 Å². The number of hydrogen-bond acceptors (Lipinski definition) is 5. The van der Waals surface area contributed by atoms with Gasteiger partial charge in [-0.2, -0.15) is 0 Å². The Balaban J connectivity index is 1.70. The maximum absolute atomic E-state index is 12.0. The average molecular weight is 291 g/mol. The van der Waals surface area contributed by atoms with E-state index in [0.29, 0.717) is 11.0 Å². The molecule has 1 aliphatic rings. The summed E-state index contributed by atoms with van der Waals surface area (Å²) in [4.78, 5) is 20.7. The summed E-state index contributed by atoms with van der Waals surface area (Å²) >= 11 is 1.42. The lowest BCUT2D eigenvalue weighted by atomic mass is 9.93. The zero-order chi connectivity index (χ0) is 14.3. The first-order valence-corrected chi connectivity index (χ1v) is 7.51. The molecular formula is C13H17N5OS. The lowest BCUT2D eigenvalue weighted by molar-refractivity contribution is 0.101. The number of nitrogens with one attached hydrogen (secondary N) is 2. The maximum atomic E-state index is 12.0. The molecule has 7 heteroatoms. The Bertz CT molecular complexity index is 635. The second-order valence-electron chi connectivity index (χ2n) is 6.06. The van der Waals surface area contributed by atoms with Crippen molar-refractivity contribution in [2.75, 3.05) is 5.32 Å². The Labute approximate surface area is 121 Å². The summed E-state index contributed by atoms with van der Waals surface area (Å²) in [6.07, 6.45) is 2.25. The van der Waals surface area contributed by atoms with Gasteiger partial charge in [0, 0.05) is 16.7 Å². The molecule has 1 saturated carbocycles. The third kappa shape index (κ3) is 2.72. The van der Waals surface area contributed by atoms with Crippen LogP contribution in [-0.2, 0) is 5.41 Å². The molecule has 1 fully saturated rings. The van der Waals surface area contributed by atoms with Crippen molar-refractivity contribution in [2.45, 2.75) is 44.9 Å². The maximum Gasteiger partial charge on any atom is 0.297 e. The van der Waals surface area contributed by atoms with Gasteiger partial charge >= 0.3 is 0 Å². The first-order chi connectivity index (χ1) is 9.43. The molecule has 0 saturated heterocycles. The zero-order valence-corrected chi connectivity index (χ0v) is 12.5. The van der Waals surface area contributed by atoms with Crippen LogP contribution >= 0.6 is 11.3 Å². The van der Waals surface area contributed by atoms with Gasteiger partial charge in [0.2, 0.25) is 5.82 Å². The molecule has 2 aromatic heterocycles. The number of hydrogen-bond donors (Lipinski definition) is 2. The topological polar surface area (TPSA) is 83.6 Å². The number of anilines is 1. The van der Waals surface area contributed by atoms with Gasteiger partial charge in [0.05, 0.1) is 5.69 Å². The number of thiazole rings is 1. The summed E-state index contributed by atoms with van der Waals surface area (Å²) in [5, 5.41) is 12.1. The van der Waals surface area contributed by atoms with Crippen molar-refractivity contribution in [2.24, 2.45) is 0 Å². The normalized spacial score (nSPS) is 15.3. The molecule has 1 aliphatic carbocycles. The molecule has 0 atom stereocenters. The smallest absolute Gasteiger partial charge is 0.295 e. The van der Waals surface area contributed by atoms with Gasteiger partial charge in [-0.15, -0.1) is 16.4 Å². The first-order valence-electron chi connectivity index (χ1n) is 6.63. The van der Waals surface area contributed by atoms with Crippen molar-refractivity contribution in [1.82, 2.24) is 20.2 Å². The second kappa shape index (κ2) is 4.66. The number of amides is 1. The third-order valence-electron chi connectivity index (χ3n) is 3.16. The molecule has 2 aromatic rings. The molecule has 6 nitrogen and oxygen atoms in total. The highest BCUT2D eigenvalue weighted by atomic mass is 32.1. The standard InChI is InChI=1S/C13H17N5OS/c1-13(2,3)8-6-20-12(14-8)16-11(19)10-15-9(17-18-10)7-4-5-7/h6-7H,4-5H2,1-3H3,(H,14,16,19)(H,15,17,18). The van der Waals surface area contributed by atoms with Crippen LogP contribution in [0.4, 0.5) is 5.13 Å². The summed E-state index contributed by atoms with van der Waals surface area (Å²) in [5.41, 5.74) is 0.940. The fourth-order valence-corrected chi connectivity index (χ4v) is 2.68. The van der Waals surface area contributed by atoms with Crippen LogP contribution in [0.5, 0.6) is 0 Å². The minimum absolute atomic E-state index is 0.0246. The van der Waals surface area contributed by atoms with Gasteiger partial charge in [0.25, 0.3) is 5.91 Å². The van der Waals surface area contributed by atoms with Gasteiger partial charge in [-0.3, -0.25) is 15.2 Å². The minimum Gasteiger partial charge on any atom is -0.295 e.